The van der Waals surface area contributed by atoms with Crippen LogP contribution in [0.5, 0.6) is 11.5 Å². The summed E-state index contributed by atoms with van der Waals surface area (Å²) in [4.78, 5) is 2.12. The second kappa shape index (κ2) is 4.72. The molecule has 0 aromatic heterocycles. The topological polar surface area (TPSA) is 52.9 Å². The van der Waals surface area contributed by atoms with Crippen LogP contribution in [0.3, 0.4) is 0 Å². The van der Waals surface area contributed by atoms with Crippen LogP contribution in [0.1, 0.15) is 12.0 Å². The van der Waals surface area contributed by atoms with E-state index in [1.54, 1.807) is 13.2 Å². The molecule has 0 spiro atoms. The Kier molecular flexibility index (Phi) is 3.31. The minimum Gasteiger partial charge on any atom is -0.504 e. The first-order valence-electron chi connectivity index (χ1n) is 5.46. The minimum atomic E-state index is -0.229. The van der Waals surface area contributed by atoms with E-state index in [0.717, 1.165) is 18.5 Å². The Labute approximate surface area is 95.1 Å². The average Bonchev–Trinajstić information content (AvgIpc) is 2.67. The maximum atomic E-state index is 9.90. The highest BCUT2D eigenvalue weighted by Gasteiger charge is 2.21. The maximum Gasteiger partial charge on any atom is 0.162 e. The molecule has 1 heterocycles. The third-order valence-corrected chi connectivity index (χ3v) is 2.94. The molecule has 1 fully saturated rings. The zero-order valence-electron chi connectivity index (χ0n) is 9.39. The molecule has 1 atom stereocenters. The second-order valence-electron chi connectivity index (χ2n) is 4.15. The van der Waals surface area contributed by atoms with E-state index in [1.165, 1.54) is 0 Å². The maximum absolute atomic E-state index is 9.90. The van der Waals surface area contributed by atoms with Gasteiger partial charge in [0.25, 0.3) is 0 Å². The molecule has 1 aliphatic heterocycles. The van der Waals surface area contributed by atoms with Crippen LogP contribution in [0.2, 0.25) is 0 Å². The third-order valence-electron chi connectivity index (χ3n) is 2.94. The summed E-state index contributed by atoms with van der Waals surface area (Å²) in [6.07, 6.45) is 0.581. The van der Waals surface area contributed by atoms with Gasteiger partial charge in [0.05, 0.1) is 13.2 Å². The molecule has 4 nitrogen and oxygen atoms in total. The molecular weight excluding hydrogens is 206 g/mol. The van der Waals surface area contributed by atoms with Crippen molar-refractivity contribution in [3.05, 3.63) is 23.8 Å². The van der Waals surface area contributed by atoms with Crippen molar-refractivity contribution < 1.29 is 14.9 Å². The Bertz CT molecular complexity index is 367. The molecule has 0 radical (unpaired) electrons. The van der Waals surface area contributed by atoms with Crippen LogP contribution in [0.4, 0.5) is 0 Å². The van der Waals surface area contributed by atoms with Crippen molar-refractivity contribution in [1.29, 1.82) is 0 Å². The predicted octanol–water partition coefficient (Wildman–Crippen LogP) is 0.967. The predicted molar refractivity (Wildman–Crippen MR) is 60.6 cm³/mol. The first-order valence-corrected chi connectivity index (χ1v) is 5.46. The van der Waals surface area contributed by atoms with Gasteiger partial charge in [-0.1, -0.05) is 12.1 Å². The van der Waals surface area contributed by atoms with Gasteiger partial charge < -0.3 is 14.9 Å². The van der Waals surface area contributed by atoms with Gasteiger partial charge >= 0.3 is 0 Å². The van der Waals surface area contributed by atoms with E-state index in [4.69, 9.17) is 4.74 Å². The number of aromatic hydroxyl groups is 1. The molecule has 1 unspecified atom stereocenters. The fraction of sp³-hybridized carbons (Fsp3) is 0.500. The van der Waals surface area contributed by atoms with Gasteiger partial charge in [-0.15, -0.1) is 0 Å². The number of aliphatic hydroxyl groups is 1. The van der Waals surface area contributed by atoms with Crippen molar-refractivity contribution in [2.75, 3.05) is 20.2 Å². The van der Waals surface area contributed by atoms with Crippen molar-refractivity contribution in [2.45, 2.75) is 19.1 Å². The van der Waals surface area contributed by atoms with Crippen LogP contribution < -0.4 is 4.74 Å². The summed E-state index contributed by atoms with van der Waals surface area (Å²) in [6, 6.07) is 5.47. The lowest BCUT2D eigenvalue weighted by Gasteiger charge is -2.16. The Morgan fingerprint density at radius 3 is 2.94 bits per heavy atom. The number of ether oxygens (including phenoxy) is 1. The summed E-state index contributed by atoms with van der Waals surface area (Å²) in [7, 11) is 1.54. The zero-order valence-corrected chi connectivity index (χ0v) is 9.39. The quantitative estimate of drug-likeness (QED) is 0.801. The lowest BCUT2D eigenvalue weighted by atomic mass is 10.2. The van der Waals surface area contributed by atoms with Gasteiger partial charge in [-0.05, 0) is 12.5 Å². The molecule has 2 N–H and O–H groups in total. The van der Waals surface area contributed by atoms with Crippen LogP contribution in [-0.2, 0) is 6.54 Å². The molecule has 16 heavy (non-hydrogen) atoms. The molecular formula is C12H17NO3. The Hall–Kier alpha value is -1.26. The Morgan fingerprint density at radius 1 is 1.50 bits per heavy atom. The largest absolute Gasteiger partial charge is 0.504 e. The van der Waals surface area contributed by atoms with Crippen molar-refractivity contribution >= 4 is 0 Å². The number of methoxy groups -OCH3 is 1. The van der Waals surface area contributed by atoms with Gasteiger partial charge in [0, 0.05) is 25.2 Å². The highest BCUT2D eigenvalue weighted by molar-refractivity contribution is 5.45. The van der Waals surface area contributed by atoms with Gasteiger partial charge in [0.1, 0.15) is 0 Å². The van der Waals surface area contributed by atoms with Crippen LogP contribution in [-0.4, -0.2) is 41.4 Å². The highest BCUT2D eigenvalue weighted by atomic mass is 16.5. The SMILES string of the molecule is COc1cccc(CN2CCC(O)C2)c1O. The number of phenolic OH excluding ortho intramolecular Hbond substituents is 1. The fourth-order valence-electron chi connectivity index (χ4n) is 2.06. The third kappa shape index (κ3) is 2.28. The van der Waals surface area contributed by atoms with E-state index in [-0.39, 0.29) is 11.9 Å². The molecule has 0 bridgehead atoms. The van der Waals surface area contributed by atoms with Gasteiger partial charge in [-0.2, -0.15) is 0 Å². The molecule has 1 aliphatic rings. The summed E-state index contributed by atoms with van der Waals surface area (Å²) in [5.41, 5.74) is 0.841. The second-order valence-corrected chi connectivity index (χ2v) is 4.15. The van der Waals surface area contributed by atoms with Gasteiger partial charge in [0.2, 0.25) is 0 Å². The average molecular weight is 223 g/mol. The lowest BCUT2D eigenvalue weighted by molar-refractivity contribution is 0.174. The summed E-state index contributed by atoms with van der Waals surface area (Å²) in [5, 5.41) is 19.3. The summed E-state index contributed by atoms with van der Waals surface area (Å²) >= 11 is 0. The smallest absolute Gasteiger partial charge is 0.162 e. The molecule has 2 rings (SSSR count). The highest BCUT2D eigenvalue weighted by Crippen LogP contribution is 2.30. The first kappa shape index (κ1) is 11.2. The number of likely N-dealkylation sites (tertiary alicyclic amines) is 1. The number of aliphatic hydroxyl groups excluding tert-OH is 1. The number of hydrogen-bond acceptors (Lipinski definition) is 4. The van der Waals surface area contributed by atoms with E-state index < -0.39 is 0 Å². The Balaban J connectivity index is 2.09. The van der Waals surface area contributed by atoms with Crippen molar-refractivity contribution in [3.63, 3.8) is 0 Å². The molecule has 0 saturated carbocycles. The van der Waals surface area contributed by atoms with E-state index in [9.17, 15) is 10.2 Å². The molecule has 88 valence electrons. The number of phenols is 1. The molecule has 1 saturated heterocycles. The molecule has 1 aromatic rings. The first-order chi connectivity index (χ1) is 7.70. The van der Waals surface area contributed by atoms with Crippen molar-refractivity contribution in [1.82, 2.24) is 4.90 Å². The van der Waals surface area contributed by atoms with E-state index in [2.05, 4.69) is 4.90 Å². The normalized spacial score (nSPS) is 21.2. The summed E-state index contributed by atoms with van der Waals surface area (Å²) in [6.45, 7) is 2.20. The molecule has 1 aromatic carbocycles. The molecule has 0 amide bonds. The van der Waals surface area contributed by atoms with Gasteiger partial charge in [0.15, 0.2) is 11.5 Å². The van der Waals surface area contributed by atoms with Gasteiger partial charge in [-0.25, -0.2) is 0 Å². The zero-order chi connectivity index (χ0) is 11.5. The van der Waals surface area contributed by atoms with Crippen molar-refractivity contribution in [3.8, 4) is 11.5 Å². The number of hydrogen-bond donors (Lipinski definition) is 2. The van der Waals surface area contributed by atoms with Crippen LogP contribution in [0, 0.1) is 0 Å². The van der Waals surface area contributed by atoms with Crippen molar-refractivity contribution in [2.24, 2.45) is 0 Å². The number of nitrogens with zero attached hydrogens (tertiary/aromatic N) is 1. The van der Waals surface area contributed by atoms with Gasteiger partial charge in [-0.3, -0.25) is 4.90 Å². The van der Waals surface area contributed by atoms with Crippen LogP contribution in [0.25, 0.3) is 0 Å². The number of β-amino-alcohol motifs (C(OH)–C–C–N with tert-alkyl or cyclic N) is 1. The van der Waals surface area contributed by atoms with Crippen LogP contribution in [0.15, 0.2) is 18.2 Å². The molecule has 0 aliphatic carbocycles. The fourth-order valence-corrected chi connectivity index (χ4v) is 2.06. The summed E-state index contributed by atoms with van der Waals surface area (Å²) < 4.78 is 5.05. The minimum absolute atomic E-state index is 0.200. The lowest BCUT2D eigenvalue weighted by Crippen LogP contribution is -2.21. The monoisotopic (exact) mass is 223 g/mol. The number of benzene rings is 1. The molecule has 4 heteroatoms. The van der Waals surface area contributed by atoms with Crippen LogP contribution >= 0.6 is 0 Å². The van der Waals surface area contributed by atoms with E-state index in [1.807, 2.05) is 12.1 Å². The standard InChI is InChI=1S/C12H17NO3/c1-16-11-4-2-3-9(12(11)15)7-13-6-5-10(14)8-13/h2-4,10,14-15H,5-8H2,1H3. The van der Waals surface area contributed by atoms with E-state index in [0.29, 0.717) is 18.8 Å². The van der Waals surface area contributed by atoms with E-state index >= 15 is 0 Å². The Morgan fingerprint density at radius 2 is 2.31 bits per heavy atom. The number of para-hydroxylation sites is 1. The summed E-state index contributed by atoms with van der Waals surface area (Å²) in [5.74, 6) is 0.698. The number of rotatable bonds is 3.